The first-order valence-corrected chi connectivity index (χ1v) is 8.13. The molecule has 128 valence electrons. The summed E-state index contributed by atoms with van der Waals surface area (Å²) in [5.41, 5.74) is -0.974. The summed E-state index contributed by atoms with van der Waals surface area (Å²) in [6.07, 6.45) is 1.24. The summed E-state index contributed by atoms with van der Waals surface area (Å²) in [4.78, 5) is 26.1. The second-order valence-corrected chi connectivity index (χ2v) is 8.02. The van der Waals surface area contributed by atoms with Gasteiger partial charge in [0.2, 0.25) is 0 Å². The first kappa shape index (κ1) is 18.8. The lowest BCUT2D eigenvalue weighted by atomic mass is 9.89. The first-order valence-electron chi connectivity index (χ1n) is 8.13. The number of nitrogens with zero attached hydrogens (tertiary/aromatic N) is 1. The van der Waals surface area contributed by atoms with Crippen molar-refractivity contribution in [2.45, 2.75) is 72.5 Å². The second kappa shape index (κ2) is 6.88. The fourth-order valence-electron chi connectivity index (χ4n) is 2.68. The van der Waals surface area contributed by atoms with E-state index in [1.165, 1.54) is 0 Å². The zero-order valence-corrected chi connectivity index (χ0v) is 15.1. The molecular formula is C17H31NO4. The van der Waals surface area contributed by atoms with E-state index < -0.39 is 11.2 Å². The van der Waals surface area contributed by atoms with Crippen molar-refractivity contribution in [3.05, 3.63) is 0 Å². The van der Waals surface area contributed by atoms with Gasteiger partial charge in [0.1, 0.15) is 11.2 Å². The maximum absolute atomic E-state index is 12.3. The molecule has 1 unspecified atom stereocenters. The van der Waals surface area contributed by atoms with Crippen molar-refractivity contribution >= 4 is 12.1 Å². The molecule has 0 bridgehead atoms. The largest absolute Gasteiger partial charge is 0.460 e. The fraction of sp³-hybridized carbons (Fsp3) is 0.882. The van der Waals surface area contributed by atoms with Crippen LogP contribution in [0.2, 0.25) is 0 Å². The number of amides is 1. The Hall–Kier alpha value is -1.26. The molecule has 0 radical (unpaired) electrons. The number of rotatable bonds is 3. The molecule has 2 atom stereocenters. The highest BCUT2D eigenvalue weighted by Crippen LogP contribution is 2.29. The van der Waals surface area contributed by atoms with E-state index in [0.29, 0.717) is 13.1 Å². The molecule has 0 N–H and O–H groups in total. The lowest BCUT2D eigenvalue weighted by Gasteiger charge is -2.27. The summed E-state index contributed by atoms with van der Waals surface area (Å²) in [5, 5.41) is 0. The summed E-state index contributed by atoms with van der Waals surface area (Å²) in [5.74, 6) is -0.176. The molecule has 5 nitrogen and oxygen atoms in total. The van der Waals surface area contributed by atoms with Crippen LogP contribution in [-0.4, -0.2) is 41.3 Å². The van der Waals surface area contributed by atoms with Gasteiger partial charge >= 0.3 is 12.1 Å². The van der Waals surface area contributed by atoms with Crippen molar-refractivity contribution in [1.82, 2.24) is 4.90 Å². The Bertz CT molecular complexity index is 406. The van der Waals surface area contributed by atoms with Gasteiger partial charge in [-0.3, -0.25) is 4.79 Å². The third-order valence-electron chi connectivity index (χ3n) is 3.59. The predicted octanol–water partition coefficient (Wildman–Crippen LogP) is 3.61. The van der Waals surface area contributed by atoms with Crippen LogP contribution in [0.25, 0.3) is 0 Å². The molecule has 1 saturated heterocycles. The Balaban J connectivity index is 2.63. The van der Waals surface area contributed by atoms with E-state index in [4.69, 9.17) is 9.47 Å². The molecule has 0 aromatic heterocycles. The number of carbonyl (C=O) groups excluding carboxylic acids is 2. The second-order valence-electron chi connectivity index (χ2n) is 8.02. The van der Waals surface area contributed by atoms with Gasteiger partial charge in [0.25, 0.3) is 0 Å². The summed E-state index contributed by atoms with van der Waals surface area (Å²) in [7, 11) is 0. The van der Waals surface area contributed by atoms with Crippen LogP contribution in [0.4, 0.5) is 4.79 Å². The molecule has 0 saturated carbocycles. The zero-order valence-electron chi connectivity index (χ0n) is 15.1. The predicted molar refractivity (Wildman–Crippen MR) is 85.5 cm³/mol. The van der Waals surface area contributed by atoms with Crippen molar-refractivity contribution in [3.8, 4) is 0 Å². The zero-order chi connectivity index (χ0) is 17.1. The minimum absolute atomic E-state index is 0.146. The normalized spacial score (nSPS) is 20.7. The molecule has 1 aliphatic rings. The quantitative estimate of drug-likeness (QED) is 0.747. The van der Waals surface area contributed by atoms with Crippen LogP contribution in [0.3, 0.4) is 0 Å². The molecule has 1 amide bonds. The number of hydrogen-bond donors (Lipinski definition) is 0. The van der Waals surface area contributed by atoms with Gasteiger partial charge in [-0.2, -0.15) is 0 Å². The number of ether oxygens (including phenoxy) is 2. The Morgan fingerprint density at radius 2 is 1.64 bits per heavy atom. The van der Waals surface area contributed by atoms with Crippen LogP contribution in [0.5, 0.6) is 0 Å². The average Bonchev–Trinajstić information content (AvgIpc) is 2.74. The number of carbonyl (C=O) groups is 2. The average molecular weight is 313 g/mol. The van der Waals surface area contributed by atoms with Crippen LogP contribution in [0.15, 0.2) is 0 Å². The van der Waals surface area contributed by atoms with Gasteiger partial charge in [0.15, 0.2) is 0 Å². The number of likely N-dealkylation sites (tertiary alicyclic amines) is 1. The molecule has 1 fully saturated rings. The van der Waals surface area contributed by atoms with Crippen LogP contribution in [0.1, 0.15) is 61.3 Å². The highest BCUT2D eigenvalue weighted by atomic mass is 16.6. The molecule has 0 aliphatic carbocycles. The molecule has 0 aromatic rings. The molecule has 5 heteroatoms. The molecular weight excluding hydrogens is 282 g/mol. The molecule has 1 heterocycles. The Morgan fingerprint density at radius 1 is 1.09 bits per heavy atom. The van der Waals surface area contributed by atoms with Gasteiger partial charge in [0.05, 0.1) is 5.92 Å². The lowest BCUT2D eigenvalue weighted by molar-refractivity contribution is -0.162. The van der Waals surface area contributed by atoms with Crippen LogP contribution < -0.4 is 0 Å². The summed E-state index contributed by atoms with van der Waals surface area (Å²) >= 11 is 0. The SMILES string of the molecule is CC[C@H](C(=O)OC(C)(C)C)C1CCN(C(=O)OC(C)(C)C)C1. The van der Waals surface area contributed by atoms with Crippen molar-refractivity contribution < 1.29 is 19.1 Å². The highest BCUT2D eigenvalue weighted by Gasteiger charge is 2.37. The maximum atomic E-state index is 12.3. The van der Waals surface area contributed by atoms with Crippen molar-refractivity contribution in [2.75, 3.05) is 13.1 Å². The Labute approximate surface area is 134 Å². The maximum Gasteiger partial charge on any atom is 0.410 e. The van der Waals surface area contributed by atoms with Crippen molar-refractivity contribution in [3.63, 3.8) is 0 Å². The van der Waals surface area contributed by atoms with Crippen molar-refractivity contribution in [2.24, 2.45) is 11.8 Å². The molecule has 1 rings (SSSR count). The van der Waals surface area contributed by atoms with Crippen LogP contribution in [0, 0.1) is 11.8 Å². The Morgan fingerprint density at radius 3 is 2.09 bits per heavy atom. The van der Waals surface area contributed by atoms with Gasteiger partial charge in [-0.1, -0.05) is 6.92 Å². The molecule has 0 spiro atoms. The van der Waals surface area contributed by atoms with E-state index in [0.717, 1.165) is 12.8 Å². The lowest BCUT2D eigenvalue weighted by Crippen LogP contribution is -2.37. The van der Waals surface area contributed by atoms with Gasteiger partial charge < -0.3 is 14.4 Å². The molecule has 1 aliphatic heterocycles. The fourth-order valence-corrected chi connectivity index (χ4v) is 2.68. The number of esters is 1. The topological polar surface area (TPSA) is 55.8 Å². The van der Waals surface area contributed by atoms with Gasteiger partial charge in [-0.15, -0.1) is 0 Å². The van der Waals surface area contributed by atoms with Gasteiger partial charge in [-0.05, 0) is 60.3 Å². The van der Waals surface area contributed by atoms with Gasteiger partial charge in [0, 0.05) is 13.1 Å². The third-order valence-corrected chi connectivity index (χ3v) is 3.59. The summed E-state index contributed by atoms with van der Waals surface area (Å²) < 4.78 is 10.9. The standard InChI is InChI=1S/C17H31NO4/c1-8-13(14(19)21-16(2,3)4)12-9-10-18(11-12)15(20)22-17(5,6)7/h12-13H,8-11H2,1-7H3/t12?,13-/m0/s1. The highest BCUT2D eigenvalue weighted by molar-refractivity contribution is 5.74. The smallest absolute Gasteiger partial charge is 0.410 e. The minimum Gasteiger partial charge on any atom is -0.460 e. The number of hydrogen-bond acceptors (Lipinski definition) is 4. The summed E-state index contributed by atoms with van der Waals surface area (Å²) in [6, 6.07) is 0. The monoisotopic (exact) mass is 313 g/mol. The van der Waals surface area contributed by atoms with Gasteiger partial charge in [-0.25, -0.2) is 4.79 Å². The van der Waals surface area contributed by atoms with E-state index in [9.17, 15) is 9.59 Å². The van der Waals surface area contributed by atoms with E-state index in [1.807, 2.05) is 48.5 Å². The van der Waals surface area contributed by atoms with E-state index in [1.54, 1.807) is 4.90 Å². The minimum atomic E-state index is -0.496. The van der Waals surface area contributed by atoms with Crippen LogP contribution >= 0.6 is 0 Å². The molecule has 22 heavy (non-hydrogen) atoms. The van der Waals surface area contributed by atoms with Crippen LogP contribution in [-0.2, 0) is 14.3 Å². The van der Waals surface area contributed by atoms with E-state index in [-0.39, 0.29) is 23.9 Å². The van der Waals surface area contributed by atoms with Crippen molar-refractivity contribution in [1.29, 1.82) is 0 Å². The first-order chi connectivity index (χ1) is 9.93. The third kappa shape index (κ3) is 5.85. The van der Waals surface area contributed by atoms with E-state index >= 15 is 0 Å². The Kier molecular flexibility index (Phi) is 5.88. The summed E-state index contributed by atoms with van der Waals surface area (Å²) in [6.45, 7) is 14.4. The molecule has 0 aromatic carbocycles. The van der Waals surface area contributed by atoms with E-state index in [2.05, 4.69) is 0 Å².